The average Bonchev–Trinajstić information content (AvgIpc) is 2.35. The van der Waals surface area contributed by atoms with Gasteiger partial charge in [0.1, 0.15) is 10.7 Å². The summed E-state index contributed by atoms with van der Waals surface area (Å²) < 4.78 is 26.6. The minimum atomic E-state index is -3.57. The normalized spacial score (nSPS) is 12.6. The number of aliphatic hydroxyl groups is 1. The summed E-state index contributed by atoms with van der Waals surface area (Å²) >= 11 is 0. The van der Waals surface area contributed by atoms with Gasteiger partial charge in [-0.25, -0.2) is 18.1 Å². The van der Waals surface area contributed by atoms with Crippen LogP contribution in [-0.4, -0.2) is 31.7 Å². The maximum atomic E-state index is 12.0. The van der Waals surface area contributed by atoms with Crippen LogP contribution in [0.25, 0.3) is 0 Å². The maximum absolute atomic E-state index is 12.0. The van der Waals surface area contributed by atoms with Gasteiger partial charge < -0.3 is 10.8 Å². The van der Waals surface area contributed by atoms with E-state index in [2.05, 4.69) is 9.71 Å². The number of nitrogen functional groups attached to an aromatic ring is 1. The van der Waals surface area contributed by atoms with Crippen LogP contribution in [0.1, 0.15) is 26.7 Å². The minimum absolute atomic E-state index is 0.0969. The van der Waals surface area contributed by atoms with Crippen LogP contribution in [0.2, 0.25) is 0 Å². The van der Waals surface area contributed by atoms with Crippen LogP contribution in [0.15, 0.2) is 23.2 Å². The molecule has 0 unspecified atom stereocenters. The number of rotatable bonds is 7. The van der Waals surface area contributed by atoms with Crippen molar-refractivity contribution in [2.24, 2.45) is 5.41 Å². The molecule has 0 saturated carbocycles. The summed E-state index contributed by atoms with van der Waals surface area (Å²) in [7, 11) is -3.57. The van der Waals surface area contributed by atoms with E-state index in [4.69, 9.17) is 10.8 Å². The van der Waals surface area contributed by atoms with Crippen molar-refractivity contribution in [1.82, 2.24) is 9.71 Å². The molecule has 0 saturated heterocycles. The highest BCUT2D eigenvalue weighted by Gasteiger charge is 2.22. The molecule has 0 aliphatic rings. The van der Waals surface area contributed by atoms with Crippen LogP contribution in [0, 0.1) is 5.41 Å². The Kier molecular flexibility index (Phi) is 5.28. The molecule has 0 aromatic carbocycles. The Morgan fingerprint density at radius 2 is 2.11 bits per heavy atom. The fraction of sp³-hybridized carbons (Fsp3) is 0.583. The van der Waals surface area contributed by atoms with E-state index in [1.54, 1.807) is 0 Å². The number of nitrogens with one attached hydrogen (secondary N) is 1. The van der Waals surface area contributed by atoms with Crippen molar-refractivity contribution in [3.05, 3.63) is 18.3 Å². The third-order valence-corrected chi connectivity index (χ3v) is 4.21. The Labute approximate surface area is 114 Å². The third-order valence-electron chi connectivity index (χ3n) is 2.82. The van der Waals surface area contributed by atoms with Crippen molar-refractivity contribution >= 4 is 15.8 Å². The minimum Gasteiger partial charge on any atom is -0.396 e. The van der Waals surface area contributed by atoms with Crippen LogP contribution < -0.4 is 10.5 Å². The highest BCUT2D eigenvalue weighted by atomic mass is 32.2. The number of aromatic nitrogens is 1. The van der Waals surface area contributed by atoms with Gasteiger partial charge in [-0.3, -0.25) is 0 Å². The zero-order valence-electron chi connectivity index (χ0n) is 11.3. The summed E-state index contributed by atoms with van der Waals surface area (Å²) in [6.07, 6.45) is 2.63. The molecule has 0 bridgehead atoms. The van der Waals surface area contributed by atoms with Gasteiger partial charge in [0.2, 0.25) is 10.0 Å². The number of pyridine rings is 1. The van der Waals surface area contributed by atoms with Crippen molar-refractivity contribution in [1.29, 1.82) is 0 Å². The Morgan fingerprint density at radius 3 is 2.63 bits per heavy atom. The number of hydrogen-bond donors (Lipinski definition) is 3. The molecule has 0 aliphatic heterocycles. The van der Waals surface area contributed by atoms with Crippen molar-refractivity contribution in [2.45, 2.75) is 31.6 Å². The van der Waals surface area contributed by atoms with Crippen LogP contribution in [0.4, 0.5) is 5.82 Å². The van der Waals surface area contributed by atoms with Crippen molar-refractivity contribution in [3.63, 3.8) is 0 Å². The average molecular weight is 287 g/mol. The smallest absolute Gasteiger partial charge is 0.242 e. The predicted molar refractivity (Wildman–Crippen MR) is 73.9 cm³/mol. The molecule has 0 amide bonds. The quantitative estimate of drug-likeness (QED) is 0.686. The molecule has 1 aromatic rings. The molecule has 0 atom stereocenters. The Hall–Kier alpha value is -1.18. The van der Waals surface area contributed by atoms with Gasteiger partial charge >= 0.3 is 0 Å². The highest BCUT2D eigenvalue weighted by Crippen LogP contribution is 2.21. The molecule has 108 valence electrons. The molecule has 6 nitrogen and oxygen atoms in total. The molecule has 1 rings (SSSR count). The third kappa shape index (κ3) is 5.14. The zero-order chi connectivity index (χ0) is 14.5. The summed E-state index contributed by atoms with van der Waals surface area (Å²) in [5, 5.41) is 8.80. The number of anilines is 1. The molecular formula is C12H21N3O3S. The number of aliphatic hydroxyl groups excluding tert-OH is 1. The van der Waals surface area contributed by atoms with E-state index in [1.807, 2.05) is 13.8 Å². The Morgan fingerprint density at radius 1 is 1.42 bits per heavy atom. The SMILES string of the molecule is CC(C)(CCCO)CNS(=O)(=O)c1ccc(N)nc1. The van der Waals surface area contributed by atoms with Gasteiger partial charge in [0.05, 0.1) is 0 Å². The molecule has 1 heterocycles. The van der Waals surface area contributed by atoms with Gasteiger partial charge in [0.15, 0.2) is 0 Å². The van der Waals surface area contributed by atoms with Crippen LogP contribution in [-0.2, 0) is 10.0 Å². The fourth-order valence-electron chi connectivity index (χ4n) is 1.57. The second-order valence-electron chi connectivity index (χ2n) is 5.23. The lowest BCUT2D eigenvalue weighted by Crippen LogP contribution is -2.34. The van der Waals surface area contributed by atoms with Crippen LogP contribution in [0.3, 0.4) is 0 Å². The van der Waals surface area contributed by atoms with E-state index in [-0.39, 0.29) is 22.7 Å². The van der Waals surface area contributed by atoms with Gasteiger partial charge in [-0.1, -0.05) is 13.8 Å². The van der Waals surface area contributed by atoms with E-state index >= 15 is 0 Å². The highest BCUT2D eigenvalue weighted by molar-refractivity contribution is 7.89. The van der Waals surface area contributed by atoms with Gasteiger partial charge in [-0.05, 0) is 30.4 Å². The number of nitrogens with zero attached hydrogens (tertiary/aromatic N) is 1. The predicted octanol–water partition coefficient (Wildman–Crippen LogP) is 0.741. The summed E-state index contributed by atoms with van der Waals surface area (Å²) in [4.78, 5) is 3.86. The summed E-state index contributed by atoms with van der Waals surface area (Å²) in [5.41, 5.74) is 5.21. The number of nitrogens with two attached hydrogens (primary N) is 1. The first-order valence-electron chi connectivity index (χ1n) is 6.09. The molecule has 4 N–H and O–H groups in total. The lowest BCUT2D eigenvalue weighted by molar-refractivity contribution is 0.242. The lowest BCUT2D eigenvalue weighted by atomic mass is 9.88. The fourth-order valence-corrected chi connectivity index (χ4v) is 2.76. The first-order valence-corrected chi connectivity index (χ1v) is 7.57. The molecule has 1 aromatic heterocycles. The monoisotopic (exact) mass is 287 g/mol. The van der Waals surface area contributed by atoms with Crippen molar-refractivity contribution < 1.29 is 13.5 Å². The van der Waals surface area contributed by atoms with E-state index in [9.17, 15) is 8.42 Å². The zero-order valence-corrected chi connectivity index (χ0v) is 12.1. The molecule has 0 fully saturated rings. The number of hydrogen-bond acceptors (Lipinski definition) is 5. The number of sulfonamides is 1. The summed E-state index contributed by atoms with van der Waals surface area (Å²) in [6.45, 7) is 4.32. The first kappa shape index (κ1) is 15.9. The van der Waals surface area contributed by atoms with Crippen molar-refractivity contribution in [3.8, 4) is 0 Å². The van der Waals surface area contributed by atoms with E-state index < -0.39 is 10.0 Å². The topological polar surface area (TPSA) is 105 Å². The Balaban J connectivity index is 2.68. The van der Waals surface area contributed by atoms with Gasteiger partial charge in [0.25, 0.3) is 0 Å². The van der Waals surface area contributed by atoms with E-state index in [0.717, 1.165) is 6.42 Å². The maximum Gasteiger partial charge on any atom is 0.242 e. The largest absolute Gasteiger partial charge is 0.396 e. The van der Waals surface area contributed by atoms with Gasteiger partial charge in [-0.15, -0.1) is 0 Å². The molecule has 7 heteroatoms. The summed E-state index contributed by atoms with van der Waals surface area (Å²) in [5.74, 6) is 0.280. The summed E-state index contributed by atoms with van der Waals surface area (Å²) in [6, 6.07) is 2.87. The standard InChI is InChI=1S/C12H21N3O3S/c1-12(2,6-3-7-16)9-15-19(17,18)10-4-5-11(13)14-8-10/h4-5,8,15-16H,3,6-7,9H2,1-2H3,(H2,13,14). The molecule has 0 spiro atoms. The molecular weight excluding hydrogens is 266 g/mol. The second-order valence-corrected chi connectivity index (χ2v) is 7.00. The van der Waals surface area contributed by atoms with Crippen molar-refractivity contribution in [2.75, 3.05) is 18.9 Å². The lowest BCUT2D eigenvalue weighted by Gasteiger charge is -2.24. The second kappa shape index (κ2) is 6.31. The molecule has 0 radical (unpaired) electrons. The van der Waals surface area contributed by atoms with E-state index in [1.165, 1.54) is 18.3 Å². The van der Waals surface area contributed by atoms with Gasteiger partial charge in [-0.2, -0.15) is 0 Å². The van der Waals surface area contributed by atoms with Crippen LogP contribution in [0.5, 0.6) is 0 Å². The first-order chi connectivity index (χ1) is 8.77. The van der Waals surface area contributed by atoms with E-state index in [0.29, 0.717) is 13.0 Å². The van der Waals surface area contributed by atoms with Crippen LogP contribution >= 0.6 is 0 Å². The van der Waals surface area contributed by atoms with Gasteiger partial charge in [0, 0.05) is 19.3 Å². The molecule has 0 aliphatic carbocycles. The molecule has 19 heavy (non-hydrogen) atoms. The Bertz CT molecular complexity index is 497.